The van der Waals surface area contributed by atoms with Gasteiger partial charge in [-0.2, -0.15) is 0 Å². The molecule has 1 fully saturated rings. The van der Waals surface area contributed by atoms with Crippen LogP contribution in [0.4, 0.5) is 0 Å². The molecule has 21 heavy (non-hydrogen) atoms. The van der Waals surface area contributed by atoms with E-state index in [2.05, 4.69) is 36.1 Å². The molecule has 1 N–H and O–H groups in total. The molecule has 3 heteroatoms. The van der Waals surface area contributed by atoms with Gasteiger partial charge in [0, 0.05) is 12.6 Å². The second-order valence-electron chi connectivity index (χ2n) is 6.39. The van der Waals surface area contributed by atoms with Gasteiger partial charge in [-0.15, -0.1) is 0 Å². The molecule has 3 nitrogen and oxygen atoms in total. The molecular formula is C18H27NO2. The molecule has 116 valence electrons. The van der Waals surface area contributed by atoms with E-state index in [-0.39, 0.29) is 0 Å². The predicted molar refractivity (Wildman–Crippen MR) is 85.4 cm³/mol. The smallest absolute Gasteiger partial charge is 0.310 e. The maximum Gasteiger partial charge on any atom is 0.310 e. The average molecular weight is 289 g/mol. The number of carboxylic acid groups (broad SMARTS) is 1. The normalized spacial score (nSPS) is 24.7. The second-order valence-corrected chi connectivity index (χ2v) is 6.39. The topological polar surface area (TPSA) is 40.5 Å². The highest BCUT2D eigenvalue weighted by Crippen LogP contribution is 2.34. The molecule has 2 atom stereocenters. The van der Waals surface area contributed by atoms with Crippen LogP contribution in [0.25, 0.3) is 0 Å². The summed E-state index contributed by atoms with van der Waals surface area (Å²) >= 11 is 0. The highest BCUT2D eigenvalue weighted by atomic mass is 16.4. The molecule has 1 aromatic rings. The van der Waals surface area contributed by atoms with Crippen LogP contribution in [0.5, 0.6) is 0 Å². The van der Waals surface area contributed by atoms with E-state index in [1.165, 1.54) is 5.56 Å². The van der Waals surface area contributed by atoms with Crippen molar-refractivity contribution >= 4 is 5.97 Å². The summed E-state index contributed by atoms with van der Waals surface area (Å²) < 4.78 is 0. The summed E-state index contributed by atoms with van der Waals surface area (Å²) in [6, 6.07) is 11.0. The summed E-state index contributed by atoms with van der Waals surface area (Å²) in [5.74, 6) is -0.620. The Morgan fingerprint density at radius 1 is 1.38 bits per heavy atom. The van der Waals surface area contributed by atoms with E-state index >= 15 is 0 Å². The van der Waals surface area contributed by atoms with Crippen LogP contribution in [-0.4, -0.2) is 35.1 Å². The first-order valence-electron chi connectivity index (χ1n) is 8.09. The van der Waals surface area contributed by atoms with Crippen LogP contribution in [0.1, 0.15) is 45.1 Å². The van der Waals surface area contributed by atoms with Crippen molar-refractivity contribution in [2.24, 2.45) is 5.41 Å². The zero-order valence-electron chi connectivity index (χ0n) is 13.2. The molecule has 1 aromatic carbocycles. The van der Waals surface area contributed by atoms with E-state index in [1.807, 2.05) is 13.0 Å². The molecule has 1 saturated heterocycles. The van der Waals surface area contributed by atoms with Crippen LogP contribution >= 0.6 is 0 Å². The maximum absolute atomic E-state index is 11.6. The van der Waals surface area contributed by atoms with Gasteiger partial charge in [0.2, 0.25) is 0 Å². The van der Waals surface area contributed by atoms with Crippen molar-refractivity contribution in [1.82, 2.24) is 4.90 Å². The number of hydrogen-bond donors (Lipinski definition) is 1. The van der Waals surface area contributed by atoms with Gasteiger partial charge in [0.25, 0.3) is 0 Å². The van der Waals surface area contributed by atoms with E-state index in [4.69, 9.17) is 0 Å². The average Bonchev–Trinajstić information content (AvgIpc) is 2.53. The minimum atomic E-state index is -0.620. The first-order chi connectivity index (χ1) is 10.1. The van der Waals surface area contributed by atoms with Crippen LogP contribution in [0.15, 0.2) is 30.3 Å². The molecule has 1 aliphatic rings. The van der Waals surface area contributed by atoms with Gasteiger partial charge in [-0.05, 0) is 51.1 Å². The number of likely N-dealkylation sites (tertiary alicyclic amines) is 1. The molecule has 0 bridgehead atoms. The van der Waals surface area contributed by atoms with Crippen molar-refractivity contribution in [3.05, 3.63) is 35.9 Å². The Bertz CT molecular complexity index is 460. The van der Waals surface area contributed by atoms with Crippen molar-refractivity contribution in [1.29, 1.82) is 0 Å². The molecule has 1 aliphatic heterocycles. The van der Waals surface area contributed by atoms with Gasteiger partial charge >= 0.3 is 5.97 Å². The van der Waals surface area contributed by atoms with Gasteiger partial charge < -0.3 is 5.11 Å². The number of rotatable bonds is 6. The Hall–Kier alpha value is -1.35. The Balaban J connectivity index is 1.93. The predicted octanol–water partition coefficient (Wildman–Crippen LogP) is 3.58. The number of hydrogen-bond acceptors (Lipinski definition) is 2. The lowest BCUT2D eigenvalue weighted by molar-refractivity contribution is -0.153. The fourth-order valence-electron chi connectivity index (χ4n) is 3.36. The van der Waals surface area contributed by atoms with Crippen LogP contribution in [0.2, 0.25) is 0 Å². The molecule has 0 saturated carbocycles. The summed E-state index contributed by atoms with van der Waals surface area (Å²) in [6.45, 7) is 5.97. The van der Waals surface area contributed by atoms with Crippen LogP contribution in [0.3, 0.4) is 0 Å². The van der Waals surface area contributed by atoms with E-state index in [9.17, 15) is 9.90 Å². The van der Waals surface area contributed by atoms with Crippen molar-refractivity contribution in [3.63, 3.8) is 0 Å². The van der Waals surface area contributed by atoms with E-state index in [0.717, 1.165) is 38.6 Å². The number of aliphatic carboxylic acids is 1. The molecular weight excluding hydrogens is 262 g/mol. The van der Waals surface area contributed by atoms with Gasteiger partial charge in [0.15, 0.2) is 0 Å². The first-order valence-corrected chi connectivity index (χ1v) is 8.09. The van der Waals surface area contributed by atoms with Gasteiger partial charge in [-0.25, -0.2) is 0 Å². The summed E-state index contributed by atoms with van der Waals surface area (Å²) in [7, 11) is 0. The lowest BCUT2D eigenvalue weighted by Crippen LogP contribution is -2.50. The van der Waals surface area contributed by atoms with E-state index < -0.39 is 11.4 Å². The van der Waals surface area contributed by atoms with Crippen molar-refractivity contribution in [2.75, 3.05) is 13.1 Å². The van der Waals surface area contributed by atoms with Gasteiger partial charge in [0.1, 0.15) is 0 Å². The molecule has 0 aliphatic carbocycles. The van der Waals surface area contributed by atoms with Crippen molar-refractivity contribution < 1.29 is 9.90 Å². The summed E-state index contributed by atoms with van der Waals surface area (Å²) in [4.78, 5) is 14.0. The number of carboxylic acids is 1. The summed E-state index contributed by atoms with van der Waals surface area (Å²) in [5.41, 5.74) is 0.834. The molecule has 0 amide bonds. The third-order valence-corrected chi connectivity index (χ3v) is 5.05. The number of aryl methyl sites for hydroxylation is 1. The van der Waals surface area contributed by atoms with Crippen molar-refractivity contribution in [3.8, 4) is 0 Å². The number of nitrogens with zero attached hydrogens (tertiary/aromatic N) is 1. The van der Waals surface area contributed by atoms with E-state index in [0.29, 0.717) is 12.6 Å². The zero-order valence-corrected chi connectivity index (χ0v) is 13.2. The SMILES string of the molecule is CCC1(C(=O)O)CCCN(C(C)CCc2ccccc2)C1. The summed E-state index contributed by atoms with van der Waals surface area (Å²) in [5, 5.41) is 9.57. The first kappa shape index (κ1) is 16.0. The molecule has 0 radical (unpaired) electrons. The van der Waals surface area contributed by atoms with E-state index in [1.54, 1.807) is 0 Å². The Kier molecular flexibility index (Phi) is 5.40. The van der Waals surface area contributed by atoms with Crippen molar-refractivity contribution in [2.45, 2.75) is 52.0 Å². The van der Waals surface area contributed by atoms with Gasteiger partial charge in [-0.1, -0.05) is 37.3 Å². The Morgan fingerprint density at radius 3 is 2.71 bits per heavy atom. The van der Waals surface area contributed by atoms with Gasteiger partial charge in [0.05, 0.1) is 5.41 Å². The number of carbonyl (C=O) groups is 1. The molecule has 0 aromatic heterocycles. The highest BCUT2D eigenvalue weighted by molar-refractivity contribution is 5.75. The Labute approximate surface area is 128 Å². The second kappa shape index (κ2) is 7.08. The Morgan fingerprint density at radius 2 is 2.10 bits per heavy atom. The molecule has 1 heterocycles. The fourth-order valence-corrected chi connectivity index (χ4v) is 3.36. The van der Waals surface area contributed by atoms with Crippen LogP contribution in [-0.2, 0) is 11.2 Å². The quantitative estimate of drug-likeness (QED) is 0.870. The van der Waals surface area contributed by atoms with Gasteiger partial charge in [-0.3, -0.25) is 9.69 Å². The van der Waals surface area contributed by atoms with Crippen LogP contribution < -0.4 is 0 Å². The fraction of sp³-hybridized carbons (Fsp3) is 0.611. The van der Waals surface area contributed by atoms with Crippen LogP contribution in [0, 0.1) is 5.41 Å². The maximum atomic E-state index is 11.6. The highest BCUT2D eigenvalue weighted by Gasteiger charge is 2.41. The third kappa shape index (κ3) is 3.85. The standard InChI is InChI=1S/C18H27NO2/c1-3-18(17(20)21)12-7-13-19(14-18)15(2)10-11-16-8-5-4-6-9-16/h4-6,8-9,15H,3,7,10-14H2,1-2H3,(H,20,21). The lowest BCUT2D eigenvalue weighted by Gasteiger charge is -2.42. The molecule has 0 spiro atoms. The monoisotopic (exact) mass is 289 g/mol. The largest absolute Gasteiger partial charge is 0.481 e. The lowest BCUT2D eigenvalue weighted by atomic mass is 9.77. The summed E-state index contributed by atoms with van der Waals surface area (Å²) in [6.07, 6.45) is 4.69. The molecule has 2 rings (SSSR count). The zero-order chi connectivity index (χ0) is 15.3. The third-order valence-electron chi connectivity index (χ3n) is 5.05. The minimum absolute atomic E-state index is 0.441. The number of piperidine rings is 1. The minimum Gasteiger partial charge on any atom is -0.481 e. The number of benzene rings is 1. The molecule has 2 unspecified atom stereocenters.